The van der Waals surface area contributed by atoms with Crippen LogP contribution in [0.5, 0.6) is 0 Å². The first-order valence-electron chi connectivity index (χ1n) is 8.05. The van der Waals surface area contributed by atoms with Gasteiger partial charge in [0.05, 0.1) is 11.3 Å². The lowest BCUT2D eigenvalue weighted by Crippen LogP contribution is -2.25. The van der Waals surface area contributed by atoms with Crippen LogP contribution in [0.15, 0.2) is 54.6 Å². The Labute approximate surface area is 147 Å². The quantitative estimate of drug-likeness (QED) is 0.706. The highest BCUT2D eigenvalue weighted by molar-refractivity contribution is 5.96. The highest BCUT2D eigenvalue weighted by atomic mass is 19.4. The molecule has 1 aliphatic heterocycles. The number of carbonyl (C=O) groups excluding carboxylic acids is 1. The first-order valence-corrected chi connectivity index (χ1v) is 8.05. The van der Waals surface area contributed by atoms with Crippen LogP contribution in [-0.4, -0.2) is 16.1 Å². The van der Waals surface area contributed by atoms with Crippen LogP contribution in [0.4, 0.5) is 19.0 Å². The van der Waals surface area contributed by atoms with Crippen LogP contribution >= 0.6 is 0 Å². The number of H-pyrrole nitrogens is 1. The molecule has 0 fully saturated rings. The molecule has 1 aromatic heterocycles. The molecule has 2 aromatic carbocycles. The fraction of sp³-hybridized carbons (Fsp3) is 0.158. The molecule has 0 saturated heterocycles. The Bertz CT molecular complexity index is 964. The minimum Gasteiger partial charge on any atom is -0.309 e. The molecule has 26 heavy (non-hydrogen) atoms. The average molecular weight is 357 g/mol. The minimum absolute atomic E-state index is 0.0700. The van der Waals surface area contributed by atoms with Crippen molar-refractivity contribution in [2.75, 3.05) is 5.32 Å². The smallest absolute Gasteiger partial charge is 0.309 e. The first kappa shape index (κ1) is 16.4. The molecule has 0 radical (unpaired) electrons. The molecule has 3 aromatic rings. The third kappa shape index (κ3) is 2.75. The largest absolute Gasteiger partial charge is 0.416 e. The second-order valence-corrected chi connectivity index (χ2v) is 6.12. The lowest BCUT2D eigenvalue weighted by Gasteiger charge is -2.26. The number of fused-ring (bicyclic) bond motifs is 1. The molecule has 4 rings (SSSR count). The number of aromatic nitrogens is 2. The van der Waals surface area contributed by atoms with Gasteiger partial charge in [0.2, 0.25) is 5.91 Å². The van der Waals surface area contributed by atoms with E-state index in [0.717, 1.165) is 11.6 Å². The van der Waals surface area contributed by atoms with Crippen molar-refractivity contribution in [3.8, 4) is 11.3 Å². The molecule has 4 nitrogen and oxygen atoms in total. The van der Waals surface area contributed by atoms with E-state index in [2.05, 4.69) is 15.5 Å². The van der Waals surface area contributed by atoms with Crippen molar-refractivity contribution in [1.82, 2.24) is 10.2 Å². The van der Waals surface area contributed by atoms with Crippen molar-refractivity contribution in [1.29, 1.82) is 0 Å². The first-order chi connectivity index (χ1) is 12.4. The number of hydrogen-bond donors (Lipinski definition) is 2. The van der Waals surface area contributed by atoms with E-state index in [9.17, 15) is 18.0 Å². The second kappa shape index (κ2) is 6.01. The second-order valence-electron chi connectivity index (χ2n) is 6.12. The summed E-state index contributed by atoms with van der Waals surface area (Å²) in [5.41, 5.74) is 1.34. The van der Waals surface area contributed by atoms with Crippen LogP contribution in [-0.2, 0) is 11.0 Å². The van der Waals surface area contributed by atoms with Crippen LogP contribution in [0.2, 0.25) is 0 Å². The number of aromatic amines is 1. The summed E-state index contributed by atoms with van der Waals surface area (Å²) < 4.78 is 40.5. The number of nitrogens with one attached hydrogen (secondary N) is 2. The zero-order chi connectivity index (χ0) is 18.3. The van der Waals surface area contributed by atoms with Gasteiger partial charge in [0.1, 0.15) is 0 Å². The van der Waals surface area contributed by atoms with E-state index in [0.29, 0.717) is 11.3 Å². The topological polar surface area (TPSA) is 57.8 Å². The predicted molar refractivity (Wildman–Crippen MR) is 90.6 cm³/mol. The van der Waals surface area contributed by atoms with Crippen LogP contribution in [0, 0.1) is 0 Å². The Morgan fingerprint density at radius 3 is 2.42 bits per heavy atom. The Hall–Kier alpha value is -3.09. The van der Waals surface area contributed by atoms with E-state index in [1.54, 1.807) is 6.07 Å². The summed E-state index contributed by atoms with van der Waals surface area (Å²) in [5.74, 6) is -0.807. The highest BCUT2D eigenvalue weighted by Gasteiger charge is 2.39. The van der Waals surface area contributed by atoms with Crippen molar-refractivity contribution < 1.29 is 18.0 Å². The molecule has 1 amide bonds. The van der Waals surface area contributed by atoms with E-state index >= 15 is 0 Å². The number of benzene rings is 2. The van der Waals surface area contributed by atoms with Gasteiger partial charge in [0, 0.05) is 17.9 Å². The Morgan fingerprint density at radius 2 is 1.69 bits per heavy atom. The van der Waals surface area contributed by atoms with Gasteiger partial charge < -0.3 is 5.32 Å². The normalized spacial score (nSPS) is 16.9. The number of alkyl halides is 3. The van der Waals surface area contributed by atoms with Crippen molar-refractivity contribution in [3.05, 3.63) is 71.3 Å². The maximum Gasteiger partial charge on any atom is 0.416 e. The van der Waals surface area contributed by atoms with Gasteiger partial charge in [0.15, 0.2) is 5.82 Å². The van der Waals surface area contributed by atoms with Crippen LogP contribution < -0.4 is 5.32 Å². The molecule has 7 heteroatoms. The molecule has 132 valence electrons. The molecule has 0 bridgehead atoms. The van der Waals surface area contributed by atoms with Gasteiger partial charge in [-0.1, -0.05) is 48.5 Å². The Kier molecular flexibility index (Phi) is 3.79. The summed E-state index contributed by atoms with van der Waals surface area (Å²) in [6.07, 6.45) is -4.57. The van der Waals surface area contributed by atoms with Gasteiger partial charge in [-0.2, -0.15) is 18.3 Å². The van der Waals surface area contributed by atoms with E-state index in [1.807, 2.05) is 30.3 Å². The monoisotopic (exact) mass is 357 g/mol. The lowest BCUT2D eigenvalue weighted by molar-refractivity contribution is -0.138. The van der Waals surface area contributed by atoms with Gasteiger partial charge in [-0.25, -0.2) is 0 Å². The fourth-order valence-corrected chi connectivity index (χ4v) is 3.41. The molecule has 1 aliphatic rings. The van der Waals surface area contributed by atoms with Gasteiger partial charge in [-0.3, -0.25) is 9.89 Å². The SMILES string of the molecule is O=C1C[C@@H](c2ccccc2C(F)(F)F)c2c(n[nH]c2-c2ccccc2)N1. The summed E-state index contributed by atoms with van der Waals surface area (Å²) in [7, 11) is 0. The number of amides is 1. The molecule has 1 atom stereocenters. The van der Waals surface area contributed by atoms with Gasteiger partial charge in [-0.05, 0) is 17.2 Å². The summed E-state index contributed by atoms with van der Waals surface area (Å²) in [6, 6.07) is 14.6. The molecule has 0 unspecified atom stereocenters. The van der Waals surface area contributed by atoms with Gasteiger partial charge in [-0.15, -0.1) is 0 Å². The molecule has 2 heterocycles. The standard InChI is InChI=1S/C19H14F3N3O/c20-19(21,22)14-9-5-4-8-12(14)13-10-15(26)23-18-16(13)17(24-25-18)11-6-2-1-3-7-11/h1-9,13H,10H2,(H2,23,24,25,26)/t13-/m0/s1. The zero-order valence-electron chi connectivity index (χ0n) is 13.5. The zero-order valence-corrected chi connectivity index (χ0v) is 13.5. The van der Waals surface area contributed by atoms with Crippen LogP contribution in [0.3, 0.4) is 0 Å². The number of hydrogen-bond acceptors (Lipinski definition) is 2. The lowest BCUT2D eigenvalue weighted by atomic mass is 9.82. The number of rotatable bonds is 2. The number of nitrogens with zero attached hydrogens (tertiary/aromatic N) is 1. The molecule has 0 saturated carbocycles. The average Bonchev–Trinajstić information content (AvgIpc) is 3.05. The van der Waals surface area contributed by atoms with Gasteiger partial charge in [0.25, 0.3) is 0 Å². The Balaban J connectivity index is 1.92. The number of anilines is 1. The molecular formula is C19H14F3N3O. The predicted octanol–water partition coefficient (Wildman–Crippen LogP) is 4.57. The maximum absolute atomic E-state index is 13.5. The van der Waals surface area contributed by atoms with E-state index in [-0.39, 0.29) is 23.7 Å². The summed E-state index contributed by atoms with van der Waals surface area (Å²) in [6.45, 7) is 0. The van der Waals surface area contributed by atoms with Crippen molar-refractivity contribution in [2.24, 2.45) is 0 Å². The summed E-state index contributed by atoms with van der Waals surface area (Å²) in [4.78, 5) is 12.1. The van der Waals surface area contributed by atoms with E-state index in [1.165, 1.54) is 12.1 Å². The summed E-state index contributed by atoms with van der Waals surface area (Å²) in [5, 5.41) is 9.62. The molecule has 2 N–H and O–H groups in total. The highest BCUT2D eigenvalue weighted by Crippen LogP contribution is 2.45. The third-order valence-electron chi connectivity index (χ3n) is 4.50. The molecule has 0 spiro atoms. The van der Waals surface area contributed by atoms with E-state index in [4.69, 9.17) is 0 Å². The van der Waals surface area contributed by atoms with Gasteiger partial charge >= 0.3 is 6.18 Å². The minimum atomic E-state index is -4.50. The Morgan fingerprint density at radius 1 is 1.00 bits per heavy atom. The molecular weight excluding hydrogens is 343 g/mol. The third-order valence-corrected chi connectivity index (χ3v) is 4.50. The van der Waals surface area contributed by atoms with Crippen molar-refractivity contribution >= 4 is 11.7 Å². The number of carbonyl (C=O) groups is 1. The van der Waals surface area contributed by atoms with Crippen LogP contribution in [0.1, 0.15) is 29.0 Å². The maximum atomic E-state index is 13.5. The van der Waals surface area contributed by atoms with Crippen LogP contribution in [0.25, 0.3) is 11.3 Å². The number of halogens is 3. The van der Waals surface area contributed by atoms with E-state index < -0.39 is 17.7 Å². The van der Waals surface area contributed by atoms with Crippen molar-refractivity contribution in [3.63, 3.8) is 0 Å². The van der Waals surface area contributed by atoms with Crippen molar-refractivity contribution in [2.45, 2.75) is 18.5 Å². The molecule has 0 aliphatic carbocycles. The summed E-state index contributed by atoms with van der Waals surface area (Å²) >= 11 is 0. The fourth-order valence-electron chi connectivity index (χ4n) is 3.41.